The molecule has 21 heavy (non-hydrogen) atoms. The molecule has 0 radical (unpaired) electrons. The molecule has 1 aromatic carbocycles. The number of benzene rings is 1. The lowest BCUT2D eigenvalue weighted by atomic mass is 9.84. The van der Waals surface area contributed by atoms with E-state index in [0.717, 1.165) is 24.2 Å². The molecule has 1 saturated heterocycles. The van der Waals surface area contributed by atoms with Crippen LogP contribution in [0.5, 0.6) is 0 Å². The van der Waals surface area contributed by atoms with Gasteiger partial charge in [0.05, 0.1) is 10.6 Å². The number of carbonyl (C=O) groups excluding carboxylic acids is 2. The fourth-order valence-electron chi connectivity index (χ4n) is 2.93. The number of nitro groups is 1. The standard InChI is InChI=1S/C14H14N2O5/c17-12-14(8-2-1-3-9-14)21-13(18)15(12)10-4-6-11(7-5-10)16(19)20/h4-7H,1-3,8-9H2. The van der Waals surface area contributed by atoms with Gasteiger partial charge in [-0.1, -0.05) is 6.42 Å². The number of anilines is 1. The second-order valence-corrected chi connectivity index (χ2v) is 5.34. The molecule has 0 atom stereocenters. The lowest BCUT2D eigenvalue weighted by Crippen LogP contribution is -2.42. The Balaban J connectivity index is 1.90. The van der Waals surface area contributed by atoms with Crippen LogP contribution < -0.4 is 4.90 Å². The highest BCUT2D eigenvalue weighted by Crippen LogP contribution is 2.40. The molecule has 0 aromatic heterocycles. The Labute approximate surface area is 120 Å². The SMILES string of the molecule is O=C1OC2(CCCCC2)C(=O)N1c1ccc([N+](=O)[O-])cc1. The molecule has 1 aliphatic heterocycles. The highest BCUT2D eigenvalue weighted by molar-refractivity contribution is 6.20. The lowest BCUT2D eigenvalue weighted by molar-refractivity contribution is -0.384. The van der Waals surface area contributed by atoms with E-state index in [2.05, 4.69) is 0 Å². The van der Waals surface area contributed by atoms with E-state index in [-0.39, 0.29) is 11.6 Å². The van der Waals surface area contributed by atoms with Crippen molar-refractivity contribution in [2.75, 3.05) is 4.90 Å². The monoisotopic (exact) mass is 290 g/mol. The molecule has 2 amide bonds. The van der Waals surface area contributed by atoms with Crippen LogP contribution >= 0.6 is 0 Å². The molecule has 1 aromatic rings. The molecule has 2 fully saturated rings. The predicted octanol–water partition coefficient (Wildman–Crippen LogP) is 2.78. The van der Waals surface area contributed by atoms with Gasteiger partial charge in [0.1, 0.15) is 0 Å². The van der Waals surface area contributed by atoms with Gasteiger partial charge in [0.15, 0.2) is 5.60 Å². The summed E-state index contributed by atoms with van der Waals surface area (Å²) in [6.07, 6.45) is 3.13. The maximum atomic E-state index is 12.6. The third-order valence-electron chi connectivity index (χ3n) is 4.04. The zero-order chi connectivity index (χ0) is 15.0. The summed E-state index contributed by atoms with van der Waals surface area (Å²) in [6.45, 7) is 0. The van der Waals surface area contributed by atoms with E-state index in [0.29, 0.717) is 18.5 Å². The first-order valence-corrected chi connectivity index (χ1v) is 6.85. The maximum Gasteiger partial charge on any atom is 0.422 e. The normalized spacial score (nSPS) is 20.7. The van der Waals surface area contributed by atoms with Crippen molar-refractivity contribution in [2.24, 2.45) is 0 Å². The molecule has 2 aliphatic rings. The predicted molar refractivity (Wildman–Crippen MR) is 72.9 cm³/mol. The van der Waals surface area contributed by atoms with Gasteiger partial charge in [-0.2, -0.15) is 0 Å². The van der Waals surface area contributed by atoms with E-state index in [9.17, 15) is 19.7 Å². The van der Waals surface area contributed by atoms with E-state index in [1.54, 1.807) is 0 Å². The van der Waals surface area contributed by atoms with Crippen LogP contribution in [-0.4, -0.2) is 22.5 Å². The molecule has 1 spiro atoms. The molecular weight excluding hydrogens is 276 g/mol. The average Bonchev–Trinajstić information content (AvgIpc) is 2.71. The van der Waals surface area contributed by atoms with Crippen molar-refractivity contribution in [3.63, 3.8) is 0 Å². The zero-order valence-electron chi connectivity index (χ0n) is 11.3. The zero-order valence-corrected chi connectivity index (χ0v) is 11.3. The van der Waals surface area contributed by atoms with Crippen molar-refractivity contribution >= 4 is 23.4 Å². The second-order valence-electron chi connectivity index (χ2n) is 5.34. The maximum absolute atomic E-state index is 12.6. The molecule has 0 bridgehead atoms. The van der Waals surface area contributed by atoms with Gasteiger partial charge in [0.25, 0.3) is 11.6 Å². The van der Waals surface area contributed by atoms with Gasteiger partial charge in [-0.05, 0) is 37.8 Å². The first kappa shape index (κ1) is 13.5. The van der Waals surface area contributed by atoms with Crippen LogP contribution in [0.1, 0.15) is 32.1 Å². The van der Waals surface area contributed by atoms with Crippen molar-refractivity contribution < 1.29 is 19.2 Å². The van der Waals surface area contributed by atoms with Gasteiger partial charge in [-0.15, -0.1) is 0 Å². The average molecular weight is 290 g/mol. The smallest absolute Gasteiger partial charge is 0.422 e. The van der Waals surface area contributed by atoms with Gasteiger partial charge in [-0.3, -0.25) is 14.9 Å². The molecular formula is C14H14N2O5. The number of nitro benzene ring substituents is 1. The number of rotatable bonds is 2. The minimum Gasteiger partial charge on any atom is -0.432 e. The minimum atomic E-state index is -1.03. The summed E-state index contributed by atoms with van der Waals surface area (Å²) in [4.78, 5) is 35.7. The largest absolute Gasteiger partial charge is 0.432 e. The van der Waals surface area contributed by atoms with Crippen molar-refractivity contribution in [1.82, 2.24) is 0 Å². The van der Waals surface area contributed by atoms with Crippen molar-refractivity contribution in [3.8, 4) is 0 Å². The number of hydrogen-bond donors (Lipinski definition) is 0. The molecule has 0 unspecified atom stereocenters. The molecule has 0 N–H and O–H groups in total. The Bertz CT molecular complexity index is 604. The lowest BCUT2D eigenvalue weighted by Gasteiger charge is -2.28. The molecule has 1 saturated carbocycles. The van der Waals surface area contributed by atoms with Crippen LogP contribution in [0, 0.1) is 10.1 Å². The second kappa shape index (κ2) is 4.83. The number of hydrogen-bond acceptors (Lipinski definition) is 5. The molecule has 7 nitrogen and oxygen atoms in total. The number of imide groups is 1. The van der Waals surface area contributed by atoms with E-state index >= 15 is 0 Å². The Morgan fingerprint density at radius 1 is 1.10 bits per heavy atom. The van der Waals surface area contributed by atoms with Crippen molar-refractivity contribution in [2.45, 2.75) is 37.7 Å². The first-order chi connectivity index (χ1) is 10.0. The summed E-state index contributed by atoms with van der Waals surface area (Å²) in [5.74, 6) is -0.360. The summed E-state index contributed by atoms with van der Waals surface area (Å²) >= 11 is 0. The first-order valence-electron chi connectivity index (χ1n) is 6.85. The number of nitrogens with zero attached hydrogens (tertiary/aromatic N) is 2. The molecule has 1 aliphatic carbocycles. The fourth-order valence-corrected chi connectivity index (χ4v) is 2.93. The van der Waals surface area contributed by atoms with Gasteiger partial charge in [0, 0.05) is 12.1 Å². The van der Waals surface area contributed by atoms with Crippen LogP contribution in [0.25, 0.3) is 0 Å². The molecule has 7 heteroatoms. The number of non-ortho nitro benzene ring substituents is 1. The third kappa shape index (κ3) is 2.14. The van der Waals surface area contributed by atoms with Gasteiger partial charge < -0.3 is 4.74 Å². The van der Waals surface area contributed by atoms with Crippen LogP contribution in [-0.2, 0) is 9.53 Å². The number of carbonyl (C=O) groups is 2. The van der Waals surface area contributed by atoms with Crippen LogP contribution in [0.2, 0.25) is 0 Å². The highest BCUT2D eigenvalue weighted by Gasteiger charge is 2.54. The van der Waals surface area contributed by atoms with Gasteiger partial charge in [0.2, 0.25) is 0 Å². The topological polar surface area (TPSA) is 89.8 Å². The minimum absolute atomic E-state index is 0.0915. The Morgan fingerprint density at radius 2 is 1.71 bits per heavy atom. The summed E-state index contributed by atoms with van der Waals surface area (Å²) < 4.78 is 5.35. The van der Waals surface area contributed by atoms with Gasteiger partial charge in [-0.25, -0.2) is 9.69 Å². The van der Waals surface area contributed by atoms with Crippen LogP contribution in [0.3, 0.4) is 0 Å². The third-order valence-corrected chi connectivity index (χ3v) is 4.04. The molecule has 3 rings (SSSR count). The summed E-state index contributed by atoms with van der Waals surface area (Å²) in [6, 6.07) is 5.31. The Hall–Kier alpha value is -2.44. The summed E-state index contributed by atoms with van der Waals surface area (Å²) in [5.41, 5.74) is -0.818. The molecule has 110 valence electrons. The van der Waals surface area contributed by atoms with Crippen LogP contribution in [0.4, 0.5) is 16.2 Å². The van der Waals surface area contributed by atoms with Crippen molar-refractivity contribution in [3.05, 3.63) is 34.4 Å². The highest BCUT2D eigenvalue weighted by atomic mass is 16.6. The van der Waals surface area contributed by atoms with E-state index < -0.39 is 16.6 Å². The number of ether oxygens (including phenoxy) is 1. The Kier molecular flexibility index (Phi) is 3.12. The number of amides is 2. The van der Waals surface area contributed by atoms with E-state index in [1.165, 1.54) is 24.3 Å². The molecule has 1 heterocycles. The van der Waals surface area contributed by atoms with E-state index in [4.69, 9.17) is 4.74 Å². The van der Waals surface area contributed by atoms with Crippen LogP contribution in [0.15, 0.2) is 24.3 Å². The quantitative estimate of drug-likeness (QED) is 0.617. The van der Waals surface area contributed by atoms with Crippen molar-refractivity contribution in [1.29, 1.82) is 0 Å². The summed E-state index contributed by atoms with van der Waals surface area (Å²) in [5, 5.41) is 10.6. The van der Waals surface area contributed by atoms with E-state index in [1.807, 2.05) is 0 Å². The summed E-state index contributed by atoms with van der Waals surface area (Å²) in [7, 11) is 0. The Morgan fingerprint density at radius 3 is 2.29 bits per heavy atom. The fraction of sp³-hybridized carbons (Fsp3) is 0.429. The van der Waals surface area contributed by atoms with Gasteiger partial charge >= 0.3 is 6.09 Å².